The zero-order valence-corrected chi connectivity index (χ0v) is 23.8. The number of benzene rings is 1. The first kappa shape index (κ1) is 26.8. The van der Waals surface area contributed by atoms with Crippen molar-refractivity contribution in [2.24, 2.45) is 5.92 Å². The Morgan fingerprint density at radius 2 is 1.81 bits per heavy atom. The van der Waals surface area contributed by atoms with Crippen LogP contribution >= 0.6 is 11.6 Å². The summed E-state index contributed by atoms with van der Waals surface area (Å²) in [4.78, 5) is 55.2. The number of halogens is 1. The number of carbonyl (C=O) groups is 4. The molecular formula is C31H31ClN6O4. The van der Waals surface area contributed by atoms with Crippen LogP contribution in [0.25, 0.3) is 11.3 Å². The molecule has 1 unspecified atom stereocenters. The molecule has 216 valence electrons. The maximum Gasteiger partial charge on any atom is 0.262 e. The van der Waals surface area contributed by atoms with Gasteiger partial charge in [0, 0.05) is 42.5 Å². The molecule has 1 aromatic carbocycles. The van der Waals surface area contributed by atoms with Gasteiger partial charge in [-0.25, -0.2) is 0 Å². The van der Waals surface area contributed by atoms with E-state index < -0.39 is 23.8 Å². The summed E-state index contributed by atoms with van der Waals surface area (Å²) < 4.78 is 2.13. The lowest BCUT2D eigenvalue weighted by molar-refractivity contribution is -0.136. The molecule has 42 heavy (non-hydrogen) atoms. The van der Waals surface area contributed by atoms with Crippen molar-refractivity contribution >= 4 is 40.9 Å². The van der Waals surface area contributed by atoms with E-state index in [1.54, 1.807) is 24.4 Å². The van der Waals surface area contributed by atoms with E-state index in [1.165, 1.54) is 12.8 Å². The fraction of sp³-hybridized carbons (Fsp3) is 0.419. The van der Waals surface area contributed by atoms with Gasteiger partial charge < -0.3 is 5.32 Å². The minimum absolute atomic E-state index is 0.100. The van der Waals surface area contributed by atoms with Gasteiger partial charge in [-0.15, -0.1) is 0 Å². The Hall–Kier alpha value is -4.05. The van der Waals surface area contributed by atoms with E-state index in [-0.39, 0.29) is 29.9 Å². The van der Waals surface area contributed by atoms with E-state index in [4.69, 9.17) is 16.7 Å². The molecule has 11 heteroatoms. The molecule has 2 aliphatic carbocycles. The molecule has 2 aromatic heterocycles. The number of piperidine rings is 1. The third-order valence-corrected chi connectivity index (χ3v) is 9.19. The van der Waals surface area contributed by atoms with Gasteiger partial charge in [-0.3, -0.25) is 39.1 Å². The van der Waals surface area contributed by atoms with Crippen LogP contribution in [0.1, 0.15) is 89.7 Å². The van der Waals surface area contributed by atoms with E-state index in [0.29, 0.717) is 22.9 Å². The van der Waals surface area contributed by atoms with Crippen molar-refractivity contribution in [3.8, 4) is 11.3 Å². The van der Waals surface area contributed by atoms with Crippen LogP contribution < -0.4 is 10.6 Å². The third-order valence-electron chi connectivity index (χ3n) is 8.88. The molecule has 3 aromatic rings. The lowest BCUT2D eigenvalue weighted by Crippen LogP contribution is -2.54. The van der Waals surface area contributed by atoms with Crippen molar-refractivity contribution in [2.75, 3.05) is 11.9 Å². The Balaban J connectivity index is 0.913. The van der Waals surface area contributed by atoms with Gasteiger partial charge in [0.15, 0.2) is 0 Å². The van der Waals surface area contributed by atoms with Crippen LogP contribution in [0.15, 0.2) is 42.7 Å². The van der Waals surface area contributed by atoms with Gasteiger partial charge in [0.05, 0.1) is 33.6 Å². The smallest absolute Gasteiger partial charge is 0.262 e. The van der Waals surface area contributed by atoms with Crippen LogP contribution in [-0.4, -0.2) is 55.9 Å². The Bertz CT molecular complexity index is 1610. The standard InChI is InChI=1S/C31H31ClN6O4/c32-24-4-2-12-34-28(24)23-16-37(36-27(23)18-5-6-18)20-13-17(14-20)3-1-11-33-19-7-8-21-22(15-19)31(42)38(30(21)41)25-9-10-26(39)35-29(25)40/h2,4,7-8,12,15-18,20,25,33H,1,3,5-6,9-11,13-14H2,(H,35,39,40)/t17-,20-,25?. The molecular weight excluding hydrogens is 556 g/mol. The van der Waals surface area contributed by atoms with Crippen molar-refractivity contribution in [1.29, 1.82) is 0 Å². The van der Waals surface area contributed by atoms with Crippen molar-refractivity contribution in [2.45, 2.75) is 69.4 Å². The number of carbonyl (C=O) groups excluding carboxylic acids is 4. The molecule has 0 radical (unpaired) electrons. The first-order valence-corrected chi connectivity index (χ1v) is 15.0. The summed E-state index contributed by atoms with van der Waals surface area (Å²) in [6, 6.07) is 8.26. The highest BCUT2D eigenvalue weighted by Crippen LogP contribution is 2.47. The molecule has 4 amide bonds. The normalized spacial score (nSPS) is 23.5. The molecule has 0 spiro atoms. The summed E-state index contributed by atoms with van der Waals surface area (Å²) in [7, 11) is 0. The Morgan fingerprint density at radius 3 is 2.57 bits per heavy atom. The van der Waals surface area contributed by atoms with Gasteiger partial charge in [0.1, 0.15) is 6.04 Å². The predicted molar refractivity (Wildman–Crippen MR) is 155 cm³/mol. The lowest BCUT2D eigenvalue weighted by Gasteiger charge is -2.35. The van der Waals surface area contributed by atoms with E-state index in [2.05, 4.69) is 26.5 Å². The number of fused-ring (bicyclic) bond motifs is 1. The average Bonchev–Trinajstić information content (AvgIpc) is 3.66. The zero-order valence-electron chi connectivity index (χ0n) is 23.0. The Morgan fingerprint density at radius 1 is 1.00 bits per heavy atom. The second-order valence-corrected chi connectivity index (χ2v) is 12.2. The van der Waals surface area contributed by atoms with Crippen LogP contribution in [-0.2, 0) is 9.59 Å². The number of anilines is 1. The highest BCUT2D eigenvalue weighted by atomic mass is 35.5. The minimum atomic E-state index is -0.959. The van der Waals surface area contributed by atoms with Gasteiger partial charge in [0.2, 0.25) is 11.8 Å². The SMILES string of the molecule is O=C1CCC(N2C(=O)c3ccc(NCCC[C@H]4C[C@H](n5cc(-c6ncccc6Cl)c(C6CC6)n5)C4)cc3C2=O)C(=O)N1. The summed E-state index contributed by atoms with van der Waals surface area (Å²) in [5, 5.41) is 11.2. The first-order valence-electron chi connectivity index (χ1n) is 14.7. The molecule has 2 N–H and O–H groups in total. The molecule has 4 aliphatic rings. The van der Waals surface area contributed by atoms with Crippen molar-refractivity contribution in [1.82, 2.24) is 25.0 Å². The Kier molecular flexibility index (Phi) is 6.80. The number of amides is 4. The molecule has 3 fully saturated rings. The fourth-order valence-corrected chi connectivity index (χ4v) is 6.60. The maximum atomic E-state index is 13.1. The van der Waals surface area contributed by atoms with E-state index in [0.717, 1.165) is 59.8 Å². The second kappa shape index (κ2) is 10.7. The highest BCUT2D eigenvalue weighted by molar-refractivity contribution is 6.33. The quantitative estimate of drug-likeness (QED) is 0.274. The minimum Gasteiger partial charge on any atom is -0.385 e. The largest absolute Gasteiger partial charge is 0.385 e. The summed E-state index contributed by atoms with van der Waals surface area (Å²) in [6.07, 6.45) is 10.7. The summed E-state index contributed by atoms with van der Waals surface area (Å²) >= 11 is 6.46. The van der Waals surface area contributed by atoms with Gasteiger partial charge in [0.25, 0.3) is 11.8 Å². The number of hydrogen-bond acceptors (Lipinski definition) is 7. The fourth-order valence-electron chi connectivity index (χ4n) is 6.37. The highest BCUT2D eigenvalue weighted by Gasteiger charge is 2.44. The van der Waals surface area contributed by atoms with Crippen LogP contribution in [0, 0.1) is 5.92 Å². The summed E-state index contributed by atoms with van der Waals surface area (Å²) in [6.45, 7) is 0.745. The molecule has 10 nitrogen and oxygen atoms in total. The molecule has 0 bridgehead atoms. The molecule has 2 saturated carbocycles. The second-order valence-electron chi connectivity index (χ2n) is 11.8. The summed E-state index contributed by atoms with van der Waals surface area (Å²) in [5.41, 5.74) is 4.33. The van der Waals surface area contributed by atoms with Crippen LogP contribution in [0.5, 0.6) is 0 Å². The van der Waals surface area contributed by atoms with Gasteiger partial charge in [-0.1, -0.05) is 11.6 Å². The monoisotopic (exact) mass is 586 g/mol. The Labute approximate surface area is 247 Å². The van der Waals surface area contributed by atoms with E-state index in [1.807, 2.05) is 12.1 Å². The zero-order chi connectivity index (χ0) is 29.0. The van der Waals surface area contributed by atoms with E-state index >= 15 is 0 Å². The topological polar surface area (TPSA) is 126 Å². The van der Waals surface area contributed by atoms with Crippen LogP contribution in [0.3, 0.4) is 0 Å². The van der Waals surface area contributed by atoms with Gasteiger partial charge in [-0.2, -0.15) is 5.10 Å². The molecule has 7 rings (SSSR count). The molecule has 1 atom stereocenters. The van der Waals surface area contributed by atoms with Crippen molar-refractivity contribution in [3.63, 3.8) is 0 Å². The van der Waals surface area contributed by atoms with E-state index in [9.17, 15) is 19.2 Å². The first-order chi connectivity index (χ1) is 20.4. The number of hydrogen-bond donors (Lipinski definition) is 2. The lowest BCUT2D eigenvalue weighted by atomic mass is 9.77. The van der Waals surface area contributed by atoms with Crippen LogP contribution in [0.4, 0.5) is 5.69 Å². The maximum absolute atomic E-state index is 13.1. The number of pyridine rings is 1. The van der Waals surface area contributed by atoms with Gasteiger partial charge >= 0.3 is 0 Å². The molecule has 2 aliphatic heterocycles. The number of imide groups is 2. The summed E-state index contributed by atoms with van der Waals surface area (Å²) in [5.74, 6) is -0.840. The number of nitrogens with one attached hydrogen (secondary N) is 2. The van der Waals surface area contributed by atoms with Crippen LogP contribution in [0.2, 0.25) is 5.02 Å². The molecule has 1 saturated heterocycles. The number of nitrogens with zero attached hydrogens (tertiary/aromatic N) is 4. The number of rotatable bonds is 9. The molecule has 4 heterocycles. The van der Waals surface area contributed by atoms with Crippen molar-refractivity contribution < 1.29 is 19.2 Å². The van der Waals surface area contributed by atoms with Gasteiger partial charge in [-0.05, 0) is 81.2 Å². The average molecular weight is 587 g/mol. The van der Waals surface area contributed by atoms with Crippen molar-refractivity contribution in [3.05, 3.63) is 64.6 Å². The third kappa shape index (κ3) is 4.87. The number of aromatic nitrogens is 3. The predicted octanol–water partition coefficient (Wildman–Crippen LogP) is 4.72.